The van der Waals surface area contributed by atoms with Crippen molar-refractivity contribution in [3.63, 3.8) is 0 Å². The van der Waals surface area contributed by atoms with Crippen LogP contribution in [0.3, 0.4) is 0 Å². The molecule has 1 heterocycles. The summed E-state index contributed by atoms with van der Waals surface area (Å²) in [5.74, 6) is 1.35. The smallest absolute Gasteiger partial charge is 0.167 e. The second-order valence-corrected chi connectivity index (χ2v) is 8.47. The number of pyridine rings is 1. The molecule has 0 saturated heterocycles. The van der Waals surface area contributed by atoms with Gasteiger partial charge in [0.1, 0.15) is 11.5 Å². The second kappa shape index (κ2) is 10.4. The Bertz CT molecular complexity index is 1240. The van der Waals surface area contributed by atoms with Crippen LogP contribution in [0.4, 0.5) is 10.1 Å². The van der Waals surface area contributed by atoms with Crippen LogP contribution in [0.25, 0.3) is 10.9 Å². The van der Waals surface area contributed by atoms with E-state index in [0.717, 1.165) is 5.56 Å². The third kappa shape index (κ3) is 5.47. The van der Waals surface area contributed by atoms with Crippen molar-refractivity contribution < 1.29 is 23.2 Å². The van der Waals surface area contributed by atoms with Gasteiger partial charge in [-0.15, -0.1) is 0 Å². The number of benzene rings is 3. The van der Waals surface area contributed by atoms with E-state index < -0.39 is 17.2 Å². The van der Waals surface area contributed by atoms with Gasteiger partial charge >= 0.3 is 0 Å². The van der Waals surface area contributed by atoms with Gasteiger partial charge in [0.05, 0.1) is 36.8 Å². The Balaban J connectivity index is 1.48. The van der Waals surface area contributed by atoms with Crippen molar-refractivity contribution in [1.82, 2.24) is 4.98 Å². The fourth-order valence-corrected chi connectivity index (χ4v) is 4.25. The molecule has 0 radical (unpaired) electrons. The zero-order chi connectivity index (χ0) is 23.2. The number of hydrogen-bond acceptors (Lipinski definition) is 6. The van der Waals surface area contributed by atoms with E-state index in [-0.39, 0.29) is 5.75 Å². The summed E-state index contributed by atoms with van der Waals surface area (Å²) in [5, 5.41) is 0.652. The van der Waals surface area contributed by atoms with Gasteiger partial charge < -0.3 is 18.8 Å². The molecule has 4 aromatic rings. The zero-order valence-electron chi connectivity index (χ0n) is 18.2. The molecule has 0 amide bonds. The van der Waals surface area contributed by atoms with Crippen LogP contribution in [0.5, 0.6) is 23.0 Å². The molecule has 33 heavy (non-hydrogen) atoms. The minimum atomic E-state index is -1.34. The van der Waals surface area contributed by atoms with Crippen LogP contribution in [0, 0.1) is 5.82 Å². The number of ether oxygens (including phenoxy) is 3. The first-order valence-corrected chi connectivity index (χ1v) is 11.6. The third-order valence-corrected chi connectivity index (χ3v) is 6.05. The lowest BCUT2D eigenvalue weighted by Crippen LogP contribution is -2.18. The highest BCUT2D eigenvalue weighted by Gasteiger charge is 2.14. The molecule has 0 spiro atoms. The molecule has 3 aromatic carbocycles. The molecule has 170 valence electrons. The average molecular weight is 467 g/mol. The molecular weight excluding hydrogens is 443 g/mol. The van der Waals surface area contributed by atoms with Crippen molar-refractivity contribution in [3.8, 4) is 23.0 Å². The summed E-state index contributed by atoms with van der Waals surface area (Å²) in [6.07, 6.45) is 2.24. The van der Waals surface area contributed by atoms with Crippen LogP contribution >= 0.6 is 0 Å². The summed E-state index contributed by atoms with van der Waals surface area (Å²) < 4.78 is 46.5. The fourth-order valence-electron chi connectivity index (χ4n) is 3.34. The number of aryl methyl sites for hydroxylation is 1. The number of rotatable bonds is 9. The van der Waals surface area contributed by atoms with Gasteiger partial charge in [-0.2, -0.15) is 0 Å². The number of anilines is 1. The van der Waals surface area contributed by atoms with E-state index in [2.05, 4.69) is 9.71 Å². The van der Waals surface area contributed by atoms with Gasteiger partial charge in [-0.3, -0.25) is 4.98 Å². The topological polar surface area (TPSA) is 75.7 Å². The maximum absolute atomic E-state index is 14.8. The highest BCUT2D eigenvalue weighted by Crippen LogP contribution is 2.37. The fraction of sp³-hybridized carbons (Fsp3) is 0.160. The van der Waals surface area contributed by atoms with E-state index in [1.807, 2.05) is 30.3 Å². The summed E-state index contributed by atoms with van der Waals surface area (Å²) in [5.41, 5.74) is 2.14. The van der Waals surface area contributed by atoms with Crippen molar-refractivity contribution in [3.05, 3.63) is 84.3 Å². The van der Waals surface area contributed by atoms with Crippen LogP contribution in [0.2, 0.25) is 0 Å². The van der Waals surface area contributed by atoms with Crippen LogP contribution < -0.4 is 18.9 Å². The largest absolute Gasteiger partial charge is 0.593 e. The monoisotopic (exact) mass is 466 g/mol. The predicted octanol–water partition coefficient (Wildman–Crippen LogP) is 5.50. The average Bonchev–Trinajstić information content (AvgIpc) is 2.84. The van der Waals surface area contributed by atoms with E-state index in [0.29, 0.717) is 46.0 Å². The Morgan fingerprint density at radius 3 is 2.39 bits per heavy atom. The van der Waals surface area contributed by atoms with Crippen molar-refractivity contribution in [2.45, 2.75) is 6.42 Å². The van der Waals surface area contributed by atoms with Crippen LogP contribution in [-0.4, -0.2) is 29.5 Å². The zero-order valence-corrected chi connectivity index (χ0v) is 19.0. The Morgan fingerprint density at radius 2 is 1.67 bits per heavy atom. The molecule has 0 aliphatic carbocycles. The Labute approximate surface area is 194 Å². The molecule has 6 nitrogen and oxygen atoms in total. The quantitative estimate of drug-likeness (QED) is 0.328. The summed E-state index contributed by atoms with van der Waals surface area (Å²) >= 11 is -1.34. The molecule has 0 saturated carbocycles. The Kier molecular flexibility index (Phi) is 7.16. The Hall–Kier alpha value is -3.49. The number of nitrogens with one attached hydrogen (secondary N) is 1. The molecule has 0 aliphatic heterocycles. The molecular formula is C25H23FN2O4S. The number of hydrogen-bond donors (Lipinski definition) is 1. The van der Waals surface area contributed by atoms with E-state index in [4.69, 9.17) is 14.2 Å². The highest BCUT2D eigenvalue weighted by atomic mass is 32.2. The molecule has 8 heteroatoms. The SMILES string of the molecule is COc1cc2nccc(Oc3ccc(N[S+]([O-])CCc4ccccc4)cc3F)c2cc1OC. The standard InChI is InChI=1S/C25H23FN2O4S/c1-30-24-15-19-21(16-25(24)31-2)27-12-10-22(19)32-23-9-8-18(14-20(23)26)28-33(29)13-11-17-6-4-3-5-7-17/h3-10,12,14-16,28H,11,13H2,1-2H3. The van der Waals surface area contributed by atoms with E-state index in [9.17, 15) is 8.94 Å². The van der Waals surface area contributed by atoms with E-state index >= 15 is 0 Å². The van der Waals surface area contributed by atoms with Gasteiger partial charge in [0.25, 0.3) is 0 Å². The molecule has 1 atom stereocenters. The normalized spacial score (nSPS) is 11.8. The highest BCUT2D eigenvalue weighted by molar-refractivity contribution is 7.92. The summed E-state index contributed by atoms with van der Waals surface area (Å²) in [6, 6.07) is 19.3. The van der Waals surface area contributed by atoms with Crippen LogP contribution in [-0.2, 0) is 17.8 Å². The second-order valence-electron chi connectivity index (χ2n) is 7.17. The van der Waals surface area contributed by atoms with Crippen molar-refractivity contribution in [2.75, 3.05) is 24.7 Å². The number of fused-ring (bicyclic) bond motifs is 1. The summed E-state index contributed by atoms with van der Waals surface area (Å²) in [7, 11) is 3.08. The minimum Gasteiger partial charge on any atom is -0.593 e. The van der Waals surface area contributed by atoms with Crippen LogP contribution in [0.15, 0.2) is 72.9 Å². The lowest BCUT2D eigenvalue weighted by atomic mass is 10.2. The van der Waals surface area contributed by atoms with Crippen molar-refractivity contribution in [2.24, 2.45) is 0 Å². The van der Waals surface area contributed by atoms with Gasteiger partial charge in [0, 0.05) is 30.1 Å². The molecule has 4 rings (SSSR count). The molecule has 0 fully saturated rings. The third-order valence-electron chi connectivity index (χ3n) is 5.01. The van der Waals surface area contributed by atoms with E-state index in [1.165, 1.54) is 19.2 Å². The molecule has 1 N–H and O–H groups in total. The minimum absolute atomic E-state index is 0.0397. The number of methoxy groups -OCH3 is 2. The first kappa shape index (κ1) is 22.7. The molecule has 0 bridgehead atoms. The molecule has 1 unspecified atom stereocenters. The molecule has 0 aliphatic rings. The van der Waals surface area contributed by atoms with E-state index in [1.54, 1.807) is 37.6 Å². The number of nitrogens with zero attached hydrogens (tertiary/aromatic N) is 1. The lowest BCUT2D eigenvalue weighted by molar-refractivity contribution is 0.355. The number of aromatic nitrogens is 1. The summed E-state index contributed by atoms with van der Waals surface area (Å²) in [6.45, 7) is 0. The maximum atomic E-state index is 14.8. The van der Waals surface area contributed by atoms with Gasteiger partial charge in [-0.1, -0.05) is 30.3 Å². The summed E-state index contributed by atoms with van der Waals surface area (Å²) in [4.78, 5) is 4.32. The number of halogens is 1. The van der Waals surface area contributed by atoms with Crippen molar-refractivity contribution in [1.29, 1.82) is 0 Å². The molecule has 1 aromatic heterocycles. The van der Waals surface area contributed by atoms with Gasteiger partial charge in [-0.05, 0) is 29.8 Å². The maximum Gasteiger partial charge on any atom is 0.167 e. The van der Waals surface area contributed by atoms with Crippen LogP contribution in [0.1, 0.15) is 5.56 Å². The van der Waals surface area contributed by atoms with Crippen molar-refractivity contribution >= 4 is 28.0 Å². The first-order chi connectivity index (χ1) is 16.1. The van der Waals surface area contributed by atoms with Gasteiger partial charge in [-0.25, -0.2) is 9.11 Å². The van der Waals surface area contributed by atoms with Gasteiger partial charge in [0.2, 0.25) is 0 Å². The lowest BCUT2D eigenvalue weighted by Gasteiger charge is -2.14. The van der Waals surface area contributed by atoms with Gasteiger partial charge in [0.15, 0.2) is 23.1 Å². The predicted molar refractivity (Wildman–Crippen MR) is 128 cm³/mol. The Morgan fingerprint density at radius 1 is 0.909 bits per heavy atom. The first-order valence-electron chi connectivity index (χ1n) is 10.2.